The van der Waals surface area contributed by atoms with Crippen molar-refractivity contribution in [3.63, 3.8) is 0 Å². The number of likely N-dealkylation sites (tertiary alicyclic amines) is 1. The summed E-state index contributed by atoms with van der Waals surface area (Å²) in [6.45, 7) is 12.9. The van der Waals surface area contributed by atoms with Gasteiger partial charge in [0.2, 0.25) is 11.8 Å². The van der Waals surface area contributed by atoms with Crippen LogP contribution < -0.4 is 0 Å². The smallest absolute Gasteiger partial charge is 0.310 e. The number of thioether (sulfide) groups is 1. The number of alkyl halides is 1. The van der Waals surface area contributed by atoms with Crippen LogP contribution in [0.25, 0.3) is 0 Å². The molecule has 36 heavy (non-hydrogen) atoms. The normalized spacial score (nSPS) is 31.3. The van der Waals surface area contributed by atoms with Crippen molar-refractivity contribution in [2.45, 2.75) is 85.7 Å². The first-order chi connectivity index (χ1) is 17.3. The summed E-state index contributed by atoms with van der Waals surface area (Å²) in [6.07, 6.45) is 8.59. The molecule has 3 rings (SSSR count). The van der Waals surface area contributed by atoms with Crippen molar-refractivity contribution >= 4 is 45.5 Å². The molecule has 1 N–H and O–H groups in total. The number of carbonyl (C=O) groups excluding carboxylic acids is 3. The highest BCUT2D eigenvalue weighted by Crippen LogP contribution is 2.68. The average Bonchev–Trinajstić information content (AvgIpc) is 3.43. The van der Waals surface area contributed by atoms with Crippen molar-refractivity contribution < 1.29 is 24.2 Å². The minimum Gasteiger partial charge on any atom is -0.465 e. The van der Waals surface area contributed by atoms with Gasteiger partial charge >= 0.3 is 5.97 Å². The summed E-state index contributed by atoms with van der Waals surface area (Å²) in [5, 5.41) is 9.10. The van der Waals surface area contributed by atoms with E-state index in [4.69, 9.17) is 4.74 Å². The standard InChI is InChI=1S/C27H41BrN2O5S/c1-5-8-16-35-26(34)20-21-24(32)30(14-10-9-11-15-31)23(27(21)17-19(28)22(20)36-27)25(33)29(13-7-3)18(4)12-6-2/h5,7,18-23,31H,1,3,6,8-17H2,2,4H3/t18?,19?,20-,21+,22-,23?,27?/m1/s1. The molecule has 7 nitrogen and oxygen atoms in total. The Hall–Kier alpha value is -1.32. The number of esters is 1. The number of hydrogen-bond donors (Lipinski definition) is 1. The van der Waals surface area contributed by atoms with E-state index in [9.17, 15) is 19.5 Å². The predicted octanol–water partition coefficient (Wildman–Crippen LogP) is 3.94. The first kappa shape index (κ1) is 29.2. The largest absolute Gasteiger partial charge is 0.465 e. The van der Waals surface area contributed by atoms with Gasteiger partial charge in [0.25, 0.3) is 0 Å². The number of halogens is 1. The summed E-state index contributed by atoms with van der Waals surface area (Å²) in [4.78, 5) is 45.2. The molecule has 2 bridgehead atoms. The number of ether oxygens (including phenoxy) is 1. The van der Waals surface area contributed by atoms with Crippen molar-refractivity contribution in [3.05, 3.63) is 25.3 Å². The lowest BCUT2D eigenvalue weighted by molar-refractivity contribution is -0.154. The molecule has 0 aromatic carbocycles. The molecule has 202 valence electrons. The van der Waals surface area contributed by atoms with E-state index in [-0.39, 0.29) is 47.1 Å². The topological polar surface area (TPSA) is 87.2 Å². The van der Waals surface area contributed by atoms with Crippen LogP contribution in [0.1, 0.15) is 58.8 Å². The van der Waals surface area contributed by atoms with Gasteiger partial charge in [0.15, 0.2) is 0 Å². The second-order valence-corrected chi connectivity index (χ2v) is 12.9. The maximum absolute atomic E-state index is 14.3. The molecule has 0 aromatic heterocycles. The summed E-state index contributed by atoms with van der Waals surface area (Å²) in [5.74, 6) is -1.67. The summed E-state index contributed by atoms with van der Waals surface area (Å²) in [5.41, 5.74) is 0. The maximum atomic E-state index is 14.3. The lowest BCUT2D eigenvalue weighted by atomic mass is 9.71. The van der Waals surface area contributed by atoms with E-state index < -0.39 is 22.6 Å². The second-order valence-electron chi connectivity index (χ2n) is 10.1. The SMILES string of the molecule is C=CCCOC(=O)[C@H]1[C@@H]2SC3(CC2Br)C(C(=O)N(CC=C)C(C)CCC)N(CCCCCO)C(=O)[C@H]13. The van der Waals surface area contributed by atoms with Crippen molar-refractivity contribution in [1.82, 2.24) is 9.80 Å². The van der Waals surface area contributed by atoms with E-state index in [1.165, 1.54) is 0 Å². The number of nitrogens with zero attached hydrogens (tertiary/aromatic N) is 2. The van der Waals surface area contributed by atoms with E-state index in [2.05, 4.69) is 42.9 Å². The Labute approximate surface area is 228 Å². The summed E-state index contributed by atoms with van der Waals surface area (Å²) < 4.78 is 4.90. The molecule has 0 aliphatic carbocycles. The van der Waals surface area contributed by atoms with Crippen LogP contribution in [-0.2, 0) is 19.1 Å². The Balaban J connectivity index is 1.98. The Kier molecular flexibility index (Phi) is 10.5. The maximum Gasteiger partial charge on any atom is 0.310 e. The van der Waals surface area contributed by atoms with Crippen LogP contribution in [0.3, 0.4) is 0 Å². The zero-order valence-corrected chi connectivity index (χ0v) is 24.0. The van der Waals surface area contributed by atoms with Crippen LogP contribution in [0.4, 0.5) is 0 Å². The molecule has 4 unspecified atom stereocenters. The number of carbonyl (C=O) groups is 3. The molecule has 3 saturated heterocycles. The molecule has 0 saturated carbocycles. The molecular formula is C27H41BrN2O5S. The number of amides is 2. The Bertz CT molecular complexity index is 841. The van der Waals surface area contributed by atoms with Crippen molar-refractivity contribution in [3.8, 4) is 0 Å². The van der Waals surface area contributed by atoms with Crippen molar-refractivity contribution in [1.29, 1.82) is 0 Å². The first-order valence-electron chi connectivity index (χ1n) is 13.2. The van der Waals surface area contributed by atoms with Gasteiger partial charge in [-0.05, 0) is 45.4 Å². The minimum atomic E-state index is -0.669. The third kappa shape index (κ3) is 5.44. The highest BCUT2D eigenvalue weighted by atomic mass is 79.9. The van der Waals surface area contributed by atoms with E-state index in [1.54, 1.807) is 28.8 Å². The van der Waals surface area contributed by atoms with Gasteiger partial charge in [0, 0.05) is 35.8 Å². The monoisotopic (exact) mass is 584 g/mol. The third-order valence-corrected chi connectivity index (χ3v) is 11.0. The van der Waals surface area contributed by atoms with Crippen LogP contribution in [-0.4, -0.2) is 85.9 Å². The summed E-state index contributed by atoms with van der Waals surface area (Å²) in [7, 11) is 0. The van der Waals surface area contributed by atoms with Gasteiger partial charge in [-0.1, -0.05) is 41.4 Å². The van der Waals surface area contributed by atoms with E-state index in [0.29, 0.717) is 38.8 Å². The fourth-order valence-electron chi connectivity index (χ4n) is 6.19. The summed E-state index contributed by atoms with van der Waals surface area (Å²) >= 11 is 5.42. The van der Waals surface area contributed by atoms with Gasteiger partial charge in [0.05, 0.1) is 23.2 Å². The first-order valence-corrected chi connectivity index (χ1v) is 15.0. The molecule has 1 spiro atoms. The van der Waals surface area contributed by atoms with Gasteiger partial charge < -0.3 is 19.6 Å². The van der Waals surface area contributed by atoms with E-state index in [0.717, 1.165) is 19.3 Å². The van der Waals surface area contributed by atoms with Crippen LogP contribution >= 0.6 is 27.7 Å². The quantitative estimate of drug-likeness (QED) is 0.136. The molecule has 3 aliphatic rings. The van der Waals surface area contributed by atoms with E-state index >= 15 is 0 Å². The van der Waals surface area contributed by atoms with Gasteiger partial charge in [-0.25, -0.2) is 0 Å². The van der Waals surface area contributed by atoms with Crippen LogP contribution in [0.5, 0.6) is 0 Å². The Morgan fingerprint density at radius 3 is 2.72 bits per heavy atom. The molecule has 0 aromatic rings. The molecular weight excluding hydrogens is 544 g/mol. The average molecular weight is 586 g/mol. The van der Waals surface area contributed by atoms with Crippen molar-refractivity contribution in [2.24, 2.45) is 11.8 Å². The van der Waals surface area contributed by atoms with Gasteiger partial charge in [0.1, 0.15) is 6.04 Å². The van der Waals surface area contributed by atoms with E-state index in [1.807, 2.05) is 4.90 Å². The molecule has 3 heterocycles. The van der Waals surface area contributed by atoms with Gasteiger partial charge in [-0.2, -0.15) is 0 Å². The minimum absolute atomic E-state index is 0.0188. The molecule has 0 radical (unpaired) electrons. The number of aliphatic hydroxyl groups is 1. The van der Waals surface area contributed by atoms with Gasteiger partial charge in [-0.3, -0.25) is 14.4 Å². The number of rotatable bonds is 15. The number of unbranched alkanes of at least 4 members (excludes halogenated alkanes) is 2. The fraction of sp³-hybridized carbons (Fsp3) is 0.741. The Morgan fingerprint density at radius 1 is 1.33 bits per heavy atom. The molecule has 3 fully saturated rings. The summed E-state index contributed by atoms with van der Waals surface area (Å²) in [6, 6.07) is -0.616. The lowest BCUT2D eigenvalue weighted by Crippen LogP contribution is -2.57. The predicted molar refractivity (Wildman–Crippen MR) is 147 cm³/mol. The zero-order chi connectivity index (χ0) is 26.5. The fourth-order valence-corrected chi connectivity index (χ4v) is 9.78. The second kappa shape index (κ2) is 13.0. The highest BCUT2D eigenvalue weighted by molar-refractivity contribution is 9.09. The highest BCUT2D eigenvalue weighted by Gasteiger charge is 2.76. The molecule has 7 atom stereocenters. The Morgan fingerprint density at radius 2 is 2.08 bits per heavy atom. The van der Waals surface area contributed by atoms with Crippen LogP contribution in [0, 0.1) is 11.8 Å². The molecule has 3 aliphatic heterocycles. The molecule has 2 amide bonds. The lowest BCUT2D eigenvalue weighted by Gasteiger charge is -2.39. The number of fused-ring (bicyclic) bond motifs is 1. The third-order valence-electron chi connectivity index (χ3n) is 7.77. The number of hydrogen-bond acceptors (Lipinski definition) is 6. The van der Waals surface area contributed by atoms with Crippen molar-refractivity contribution in [2.75, 3.05) is 26.3 Å². The molecule has 9 heteroatoms. The van der Waals surface area contributed by atoms with Crippen LogP contribution in [0.15, 0.2) is 25.3 Å². The van der Waals surface area contributed by atoms with Gasteiger partial charge in [-0.15, -0.1) is 24.9 Å². The zero-order valence-electron chi connectivity index (χ0n) is 21.6. The van der Waals surface area contributed by atoms with Crippen LogP contribution in [0.2, 0.25) is 0 Å². The number of aliphatic hydroxyl groups excluding tert-OH is 1.